The number of aromatic nitrogens is 1. The molecular weight excluding hydrogens is 198 g/mol. The minimum atomic E-state index is 0.633. The van der Waals surface area contributed by atoms with E-state index in [1.807, 2.05) is 6.07 Å². The number of nitrogen functional groups attached to an aromatic ring is 1. The summed E-state index contributed by atoms with van der Waals surface area (Å²) in [7, 11) is 2.14. The highest BCUT2D eigenvalue weighted by molar-refractivity contribution is 5.62. The summed E-state index contributed by atoms with van der Waals surface area (Å²) in [6, 6.07) is 4.65. The topological polar surface area (TPSA) is 42.2 Å². The highest BCUT2D eigenvalue weighted by Crippen LogP contribution is 2.27. The van der Waals surface area contributed by atoms with Crippen molar-refractivity contribution >= 4 is 11.5 Å². The van der Waals surface area contributed by atoms with Crippen LogP contribution in [-0.4, -0.2) is 18.1 Å². The minimum absolute atomic E-state index is 0.633. The summed E-state index contributed by atoms with van der Waals surface area (Å²) in [6.07, 6.45) is 9.76. The fourth-order valence-corrected chi connectivity index (χ4v) is 2.55. The molecule has 16 heavy (non-hydrogen) atoms. The van der Waals surface area contributed by atoms with Crippen molar-refractivity contribution in [2.75, 3.05) is 17.7 Å². The van der Waals surface area contributed by atoms with Crippen molar-refractivity contribution in [3.8, 4) is 0 Å². The van der Waals surface area contributed by atoms with Crippen LogP contribution in [0.1, 0.15) is 38.5 Å². The minimum Gasteiger partial charge on any atom is -0.382 e. The molecule has 0 radical (unpaired) electrons. The maximum absolute atomic E-state index is 5.91. The van der Waals surface area contributed by atoms with Crippen LogP contribution < -0.4 is 10.6 Å². The zero-order valence-corrected chi connectivity index (χ0v) is 10.0. The Morgan fingerprint density at radius 1 is 1.25 bits per heavy atom. The number of anilines is 2. The lowest BCUT2D eigenvalue weighted by molar-refractivity contribution is 0.553. The molecule has 3 heteroatoms. The molecule has 3 nitrogen and oxygen atoms in total. The summed E-state index contributed by atoms with van der Waals surface area (Å²) in [6.45, 7) is 0. The van der Waals surface area contributed by atoms with Crippen LogP contribution in [0.5, 0.6) is 0 Å². The van der Waals surface area contributed by atoms with Crippen molar-refractivity contribution in [1.29, 1.82) is 0 Å². The molecule has 0 spiro atoms. The van der Waals surface area contributed by atoms with Gasteiger partial charge in [0, 0.05) is 19.3 Å². The monoisotopic (exact) mass is 219 g/mol. The highest BCUT2D eigenvalue weighted by atomic mass is 15.2. The van der Waals surface area contributed by atoms with Crippen LogP contribution >= 0.6 is 0 Å². The number of hydrogen-bond donors (Lipinski definition) is 1. The molecule has 88 valence electrons. The molecule has 0 saturated heterocycles. The second-order valence-electron chi connectivity index (χ2n) is 4.66. The standard InChI is InChI=1S/C13H21N3/c1-16(11-7-4-2-3-5-8-11)12-9-6-10-15-13(12)14/h6,9-11H,2-5,7-8H2,1H3,(H2,14,15). The van der Waals surface area contributed by atoms with Crippen molar-refractivity contribution in [1.82, 2.24) is 4.98 Å². The van der Waals surface area contributed by atoms with Gasteiger partial charge in [0.2, 0.25) is 0 Å². The van der Waals surface area contributed by atoms with Gasteiger partial charge in [-0.25, -0.2) is 4.98 Å². The zero-order chi connectivity index (χ0) is 11.4. The molecule has 2 rings (SSSR count). The predicted molar refractivity (Wildman–Crippen MR) is 68.5 cm³/mol. The zero-order valence-electron chi connectivity index (χ0n) is 10.0. The first-order valence-electron chi connectivity index (χ1n) is 6.22. The normalized spacial score (nSPS) is 18.1. The third kappa shape index (κ3) is 2.46. The quantitative estimate of drug-likeness (QED) is 0.778. The number of hydrogen-bond acceptors (Lipinski definition) is 3. The molecule has 1 aliphatic rings. The summed E-state index contributed by atoms with van der Waals surface area (Å²) < 4.78 is 0. The van der Waals surface area contributed by atoms with Crippen molar-refractivity contribution in [2.45, 2.75) is 44.6 Å². The third-order valence-corrected chi connectivity index (χ3v) is 3.57. The Labute approximate surface area is 97.7 Å². The lowest BCUT2D eigenvalue weighted by Crippen LogP contribution is -2.31. The van der Waals surface area contributed by atoms with Crippen LogP contribution in [0.2, 0.25) is 0 Å². The Bertz CT molecular complexity index is 330. The molecule has 0 bridgehead atoms. The molecule has 0 unspecified atom stereocenters. The molecule has 1 fully saturated rings. The Morgan fingerprint density at radius 3 is 2.56 bits per heavy atom. The van der Waals surface area contributed by atoms with Crippen molar-refractivity contribution in [2.24, 2.45) is 0 Å². The largest absolute Gasteiger partial charge is 0.382 e. The Morgan fingerprint density at radius 2 is 1.94 bits per heavy atom. The van der Waals surface area contributed by atoms with Gasteiger partial charge in [-0.15, -0.1) is 0 Å². The molecular formula is C13H21N3. The molecule has 1 saturated carbocycles. The summed E-state index contributed by atoms with van der Waals surface area (Å²) >= 11 is 0. The van der Waals surface area contributed by atoms with E-state index in [0.717, 1.165) is 5.69 Å². The van der Waals surface area contributed by atoms with E-state index < -0.39 is 0 Å². The van der Waals surface area contributed by atoms with Gasteiger partial charge in [-0.2, -0.15) is 0 Å². The Balaban J connectivity index is 2.11. The van der Waals surface area contributed by atoms with Crippen LogP contribution in [0.4, 0.5) is 11.5 Å². The van der Waals surface area contributed by atoms with E-state index in [1.165, 1.54) is 38.5 Å². The van der Waals surface area contributed by atoms with Gasteiger partial charge in [-0.05, 0) is 25.0 Å². The maximum Gasteiger partial charge on any atom is 0.146 e. The van der Waals surface area contributed by atoms with Gasteiger partial charge in [0.05, 0.1) is 5.69 Å². The van der Waals surface area contributed by atoms with Gasteiger partial charge in [0.15, 0.2) is 0 Å². The molecule has 1 aliphatic carbocycles. The Kier molecular flexibility index (Phi) is 3.65. The van der Waals surface area contributed by atoms with Crippen LogP contribution in [0.15, 0.2) is 18.3 Å². The predicted octanol–water partition coefficient (Wildman–Crippen LogP) is 2.82. The molecule has 2 N–H and O–H groups in total. The molecule has 0 aliphatic heterocycles. The molecule has 1 aromatic rings. The van der Waals surface area contributed by atoms with E-state index >= 15 is 0 Å². The lowest BCUT2D eigenvalue weighted by Gasteiger charge is -2.29. The van der Waals surface area contributed by atoms with Crippen LogP contribution in [-0.2, 0) is 0 Å². The van der Waals surface area contributed by atoms with E-state index in [0.29, 0.717) is 11.9 Å². The average Bonchev–Trinajstić information content (AvgIpc) is 2.57. The molecule has 1 heterocycles. The van der Waals surface area contributed by atoms with Crippen molar-refractivity contribution in [3.05, 3.63) is 18.3 Å². The van der Waals surface area contributed by atoms with E-state index in [4.69, 9.17) is 5.73 Å². The van der Waals surface area contributed by atoms with Gasteiger partial charge in [0.1, 0.15) is 5.82 Å². The van der Waals surface area contributed by atoms with Crippen LogP contribution in [0, 0.1) is 0 Å². The SMILES string of the molecule is CN(c1cccnc1N)C1CCCCCC1. The van der Waals surface area contributed by atoms with E-state index in [9.17, 15) is 0 Å². The summed E-state index contributed by atoms with van der Waals surface area (Å²) in [4.78, 5) is 6.47. The second-order valence-corrected chi connectivity index (χ2v) is 4.66. The first-order valence-corrected chi connectivity index (χ1v) is 6.22. The molecule has 0 aromatic carbocycles. The maximum atomic E-state index is 5.91. The van der Waals surface area contributed by atoms with E-state index in [-0.39, 0.29) is 0 Å². The average molecular weight is 219 g/mol. The first kappa shape index (κ1) is 11.2. The van der Waals surface area contributed by atoms with Crippen molar-refractivity contribution < 1.29 is 0 Å². The molecule has 0 atom stereocenters. The van der Waals surface area contributed by atoms with E-state index in [1.54, 1.807) is 6.20 Å². The second kappa shape index (κ2) is 5.19. The third-order valence-electron chi connectivity index (χ3n) is 3.57. The smallest absolute Gasteiger partial charge is 0.146 e. The number of nitrogens with two attached hydrogens (primary N) is 1. The van der Waals surface area contributed by atoms with Gasteiger partial charge < -0.3 is 10.6 Å². The highest BCUT2D eigenvalue weighted by Gasteiger charge is 2.18. The molecule has 0 amide bonds. The number of nitrogens with zero attached hydrogens (tertiary/aromatic N) is 2. The van der Waals surface area contributed by atoms with Crippen LogP contribution in [0.3, 0.4) is 0 Å². The van der Waals surface area contributed by atoms with Gasteiger partial charge in [-0.1, -0.05) is 25.7 Å². The van der Waals surface area contributed by atoms with Gasteiger partial charge >= 0.3 is 0 Å². The summed E-state index contributed by atoms with van der Waals surface area (Å²) in [5, 5.41) is 0. The van der Waals surface area contributed by atoms with Gasteiger partial charge in [0.25, 0.3) is 0 Å². The van der Waals surface area contributed by atoms with Gasteiger partial charge in [-0.3, -0.25) is 0 Å². The fourth-order valence-electron chi connectivity index (χ4n) is 2.55. The summed E-state index contributed by atoms with van der Waals surface area (Å²) in [5.41, 5.74) is 6.99. The van der Waals surface area contributed by atoms with E-state index in [2.05, 4.69) is 23.0 Å². The van der Waals surface area contributed by atoms with Crippen LogP contribution in [0.25, 0.3) is 0 Å². The fraction of sp³-hybridized carbons (Fsp3) is 0.615. The number of pyridine rings is 1. The summed E-state index contributed by atoms with van der Waals surface area (Å²) in [5.74, 6) is 0.647. The van der Waals surface area contributed by atoms with Crippen molar-refractivity contribution in [3.63, 3.8) is 0 Å². The molecule has 1 aromatic heterocycles. The Hall–Kier alpha value is -1.25. The number of rotatable bonds is 2. The first-order chi connectivity index (χ1) is 7.79. The lowest BCUT2D eigenvalue weighted by atomic mass is 10.1.